The van der Waals surface area contributed by atoms with Gasteiger partial charge in [-0.15, -0.1) is 0 Å². The summed E-state index contributed by atoms with van der Waals surface area (Å²) < 4.78 is 0. The molecule has 4 atom stereocenters. The van der Waals surface area contributed by atoms with Crippen LogP contribution in [0.1, 0.15) is 51.9 Å². The van der Waals surface area contributed by atoms with Gasteiger partial charge in [-0.2, -0.15) is 0 Å². The number of Topliss-reactive ketones (excluding diaryl/α,β-unsaturated/α-hetero) is 1. The van der Waals surface area contributed by atoms with Crippen LogP contribution in [-0.2, 0) is 9.59 Å². The highest BCUT2D eigenvalue weighted by Gasteiger charge is 2.39. The molecule has 0 aromatic heterocycles. The molecular weight excluding hydrogens is 296 g/mol. The number of hydrogen-bond donors (Lipinski definition) is 3. The second kappa shape index (κ2) is 10.3. The Labute approximate surface area is 137 Å². The predicted octanol–water partition coefficient (Wildman–Crippen LogP) is 2.47. The Morgan fingerprint density at radius 1 is 1.35 bits per heavy atom. The van der Waals surface area contributed by atoms with Gasteiger partial charge in [0.1, 0.15) is 5.78 Å². The van der Waals surface area contributed by atoms with E-state index in [1.807, 2.05) is 0 Å². The SMILES string of the molecule is CCCCC[C@H](O)/C=C/[C@H]1[C@H](O)CC(=O)[C@@H]1C/C=C\CC(=O)O. The maximum Gasteiger partial charge on any atom is 0.307 e. The van der Waals surface area contributed by atoms with Crippen LogP contribution < -0.4 is 0 Å². The van der Waals surface area contributed by atoms with Crippen molar-refractivity contribution in [3.8, 4) is 0 Å². The summed E-state index contributed by atoms with van der Waals surface area (Å²) in [4.78, 5) is 22.4. The Bertz CT molecular complexity index is 441. The Hall–Kier alpha value is -1.46. The fraction of sp³-hybridized carbons (Fsp3) is 0.667. The van der Waals surface area contributed by atoms with Crippen LogP contribution in [0, 0.1) is 11.8 Å². The summed E-state index contributed by atoms with van der Waals surface area (Å²) in [6.07, 6.45) is 9.66. The van der Waals surface area contributed by atoms with Crippen molar-refractivity contribution in [2.24, 2.45) is 11.8 Å². The number of carbonyl (C=O) groups is 2. The molecule has 0 aliphatic heterocycles. The molecule has 1 rings (SSSR count). The molecule has 0 unspecified atom stereocenters. The molecule has 0 aromatic rings. The van der Waals surface area contributed by atoms with Crippen LogP contribution in [0.3, 0.4) is 0 Å². The highest BCUT2D eigenvalue weighted by molar-refractivity contribution is 5.84. The molecule has 5 nitrogen and oxygen atoms in total. The van der Waals surface area contributed by atoms with Crippen LogP contribution in [0.15, 0.2) is 24.3 Å². The van der Waals surface area contributed by atoms with Gasteiger partial charge >= 0.3 is 5.97 Å². The van der Waals surface area contributed by atoms with Crippen LogP contribution in [0.4, 0.5) is 0 Å². The van der Waals surface area contributed by atoms with E-state index in [0.29, 0.717) is 12.8 Å². The molecule has 1 aliphatic carbocycles. The summed E-state index contributed by atoms with van der Waals surface area (Å²) >= 11 is 0. The van der Waals surface area contributed by atoms with E-state index in [9.17, 15) is 19.8 Å². The molecule has 0 radical (unpaired) electrons. The number of ketones is 1. The minimum Gasteiger partial charge on any atom is -0.481 e. The third-order valence-electron chi connectivity index (χ3n) is 4.24. The summed E-state index contributed by atoms with van der Waals surface area (Å²) in [5, 5.41) is 28.5. The van der Waals surface area contributed by atoms with Gasteiger partial charge in [-0.3, -0.25) is 9.59 Å². The second-order valence-corrected chi connectivity index (χ2v) is 6.17. The highest BCUT2D eigenvalue weighted by atomic mass is 16.4. The van der Waals surface area contributed by atoms with Crippen molar-refractivity contribution in [3.63, 3.8) is 0 Å². The molecule has 23 heavy (non-hydrogen) atoms. The molecular formula is C18H28O5. The normalized spacial score (nSPS) is 26.4. The molecule has 0 bridgehead atoms. The van der Waals surface area contributed by atoms with Crippen LogP contribution >= 0.6 is 0 Å². The fourth-order valence-electron chi connectivity index (χ4n) is 2.91. The Morgan fingerprint density at radius 3 is 2.74 bits per heavy atom. The molecule has 1 aliphatic rings. The van der Waals surface area contributed by atoms with Crippen molar-refractivity contribution in [1.82, 2.24) is 0 Å². The maximum atomic E-state index is 12.0. The molecule has 130 valence electrons. The first-order valence-electron chi connectivity index (χ1n) is 8.39. The first-order valence-corrected chi connectivity index (χ1v) is 8.39. The first kappa shape index (κ1) is 19.6. The number of carbonyl (C=O) groups excluding carboxylic acids is 1. The van der Waals surface area contributed by atoms with E-state index in [1.54, 1.807) is 18.2 Å². The number of rotatable bonds is 10. The van der Waals surface area contributed by atoms with Gasteiger partial charge in [-0.25, -0.2) is 0 Å². The minimum absolute atomic E-state index is 0.00685. The van der Waals surface area contributed by atoms with Gasteiger partial charge in [0.2, 0.25) is 0 Å². The zero-order valence-electron chi connectivity index (χ0n) is 13.7. The van der Waals surface area contributed by atoms with Gasteiger partial charge in [-0.05, 0) is 12.8 Å². The maximum absolute atomic E-state index is 12.0. The zero-order valence-corrected chi connectivity index (χ0v) is 13.7. The lowest BCUT2D eigenvalue weighted by molar-refractivity contribution is -0.136. The van der Waals surface area contributed by atoms with Crippen molar-refractivity contribution in [1.29, 1.82) is 0 Å². The number of aliphatic carboxylic acids is 1. The molecule has 1 saturated carbocycles. The van der Waals surface area contributed by atoms with Gasteiger partial charge in [0, 0.05) is 18.3 Å². The van der Waals surface area contributed by atoms with Gasteiger partial charge in [-0.1, -0.05) is 50.5 Å². The molecule has 0 spiro atoms. The van der Waals surface area contributed by atoms with E-state index >= 15 is 0 Å². The van der Waals surface area contributed by atoms with E-state index in [2.05, 4.69) is 6.92 Å². The minimum atomic E-state index is -0.911. The standard InChI is InChI=1S/C18H28O5/c1-2-3-4-7-13(19)10-11-15-14(16(20)12-17(15)21)8-5-6-9-18(22)23/h5-6,10-11,13-15,17,19,21H,2-4,7-9,12H2,1H3,(H,22,23)/b6-5-,11-10+/t13-,14+,15+,17+/m0/s1. The largest absolute Gasteiger partial charge is 0.481 e. The van der Waals surface area contributed by atoms with E-state index < -0.39 is 18.2 Å². The lowest BCUT2D eigenvalue weighted by atomic mass is 9.90. The number of aliphatic hydroxyl groups is 2. The van der Waals surface area contributed by atoms with Gasteiger partial charge < -0.3 is 15.3 Å². The van der Waals surface area contributed by atoms with Gasteiger partial charge in [0.15, 0.2) is 0 Å². The average molecular weight is 324 g/mol. The molecule has 0 saturated heterocycles. The Balaban J connectivity index is 2.56. The predicted molar refractivity (Wildman–Crippen MR) is 87.9 cm³/mol. The van der Waals surface area contributed by atoms with Crippen LogP contribution in [0.5, 0.6) is 0 Å². The number of carboxylic acids is 1. The highest BCUT2D eigenvalue weighted by Crippen LogP contribution is 2.33. The van der Waals surface area contributed by atoms with E-state index in [1.165, 1.54) is 6.08 Å². The van der Waals surface area contributed by atoms with Crippen molar-refractivity contribution in [2.45, 2.75) is 64.1 Å². The molecule has 0 heterocycles. The van der Waals surface area contributed by atoms with E-state index in [0.717, 1.165) is 19.3 Å². The van der Waals surface area contributed by atoms with Crippen LogP contribution in [0.2, 0.25) is 0 Å². The zero-order chi connectivity index (χ0) is 17.2. The third kappa shape index (κ3) is 7.10. The summed E-state index contributed by atoms with van der Waals surface area (Å²) in [6, 6.07) is 0. The van der Waals surface area contributed by atoms with Gasteiger partial charge in [0.25, 0.3) is 0 Å². The average Bonchev–Trinajstić information content (AvgIpc) is 2.75. The second-order valence-electron chi connectivity index (χ2n) is 6.17. The summed E-state index contributed by atoms with van der Waals surface area (Å²) in [6.45, 7) is 2.10. The number of carboxylic acid groups (broad SMARTS) is 1. The monoisotopic (exact) mass is 324 g/mol. The Morgan fingerprint density at radius 2 is 2.09 bits per heavy atom. The Kier molecular flexibility index (Phi) is 8.81. The van der Waals surface area contributed by atoms with Crippen molar-refractivity contribution < 1.29 is 24.9 Å². The molecule has 3 N–H and O–H groups in total. The molecule has 5 heteroatoms. The lowest BCUT2D eigenvalue weighted by Gasteiger charge is -2.16. The summed E-state index contributed by atoms with van der Waals surface area (Å²) in [5.74, 6) is -1.56. The van der Waals surface area contributed by atoms with E-state index in [-0.39, 0.29) is 30.5 Å². The molecule has 1 fully saturated rings. The number of unbranched alkanes of at least 4 members (excludes halogenated alkanes) is 2. The van der Waals surface area contributed by atoms with Crippen molar-refractivity contribution in [2.75, 3.05) is 0 Å². The number of hydrogen-bond acceptors (Lipinski definition) is 4. The number of allylic oxidation sites excluding steroid dienone is 1. The topological polar surface area (TPSA) is 94.8 Å². The van der Waals surface area contributed by atoms with Crippen molar-refractivity contribution >= 4 is 11.8 Å². The summed E-state index contributed by atoms with van der Waals surface area (Å²) in [7, 11) is 0. The third-order valence-corrected chi connectivity index (χ3v) is 4.24. The smallest absolute Gasteiger partial charge is 0.307 e. The molecule has 0 aromatic carbocycles. The summed E-state index contributed by atoms with van der Waals surface area (Å²) in [5.41, 5.74) is 0. The first-order chi connectivity index (χ1) is 11.0. The van der Waals surface area contributed by atoms with Crippen molar-refractivity contribution in [3.05, 3.63) is 24.3 Å². The van der Waals surface area contributed by atoms with E-state index in [4.69, 9.17) is 5.11 Å². The fourth-order valence-corrected chi connectivity index (χ4v) is 2.91. The van der Waals surface area contributed by atoms with Crippen LogP contribution in [-0.4, -0.2) is 39.3 Å². The quantitative estimate of drug-likeness (QED) is 0.424. The molecule has 0 amide bonds. The van der Waals surface area contributed by atoms with Crippen LogP contribution in [0.25, 0.3) is 0 Å². The number of aliphatic hydroxyl groups excluding tert-OH is 2. The van der Waals surface area contributed by atoms with Gasteiger partial charge in [0.05, 0.1) is 18.6 Å². The lowest BCUT2D eigenvalue weighted by Crippen LogP contribution is -2.18.